The van der Waals surface area contributed by atoms with Crippen LogP contribution in [0.3, 0.4) is 0 Å². The minimum absolute atomic E-state index is 0.0338. The van der Waals surface area contributed by atoms with E-state index < -0.39 is 25.6 Å². The van der Waals surface area contributed by atoms with Gasteiger partial charge < -0.3 is 4.74 Å². The first-order valence-corrected chi connectivity index (χ1v) is 10.9. The van der Waals surface area contributed by atoms with Crippen LogP contribution in [-0.2, 0) is 10.0 Å². The second kappa shape index (κ2) is 8.94. The summed E-state index contributed by atoms with van der Waals surface area (Å²) in [6.45, 7) is 0.736. The van der Waals surface area contributed by atoms with Crippen LogP contribution >= 0.6 is 11.6 Å². The molecule has 0 unspecified atom stereocenters. The molecule has 0 saturated carbocycles. The molecule has 2 aromatic rings. The van der Waals surface area contributed by atoms with E-state index in [0.717, 1.165) is 43.9 Å². The van der Waals surface area contributed by atoms with Crippen LogP contribution in [0.5, 0.6) is 11.5 Å². The number of benzene rings is 2. The molecule has 10 nitrogen and oxygen atoms in total. The predicted octanol–water partition coefficient (Wildman–Crippen LogP) is 4.51. The maximum absolute atomic E-state index is 12.9. The maximum atomic E-state index is 12.9. The second-order valence-corrected chi connectivity index (χ2v) is 9.02. The highest BCUT2D eigenvalue weighted by Gasteiger charge is 2.29. The molecule has 0 radical (unpaired) electrons. The van der Waals surface area contributed by atoms with Gasteiger partial charge >= 0.3 is 5.69 Å². The highest BCUT2D eigenvalue weighted by Crippen LogP contribution is 2.38. The Bertz CT molecular complexity index is 1080. The van der Waals surface area contributed by atoms with Gasteiger partial charge in [-0.3, -0.25) is 20.2 Å². The average Bonchev–Trinajstić information content (AvgIpc) is 2.99. The zero-order valence-corrected chi connectivity index (χ0v) is 17.3. The first-order chi connectivity index (χ1) is 14.2. The van der Waals surface area contributed by atoms with Crippen LogP contribution in [0.2, 0.25) is 5.02 Å². The van der Waals surface area contributed by atoms with Crippen LogP contribution in [0, 0.1) is 20.2 Å². The van der Waals surface area contributed by atoms with Gasteiger partial charge in [-0.05, 0) is 31.0 Å². The third kappa shape index (κ3) is 4.69. The van der Waals surface area contributed by atoms with Gasteiger partial charge in [0.2, 0.25) is 15.8 Å². The van der Waals surface area contributed by atoms with Gasteiger partial charge in [0, 0.05) is 31.3 Å². The Kier molecular flexibility index (Phi) is 6.54. The summed E-state index contributed by atoms with van der Waals surface area (Å²) in [5.74, 6) is -0.265. The minimum Gasteiger partial charge on any atom is -0.449 e. The average molecular weight is 456 g/mol. The molecule has 0 bridgehead atoms. The van der Waals surface area contributed by atoms with E-state index in [9.17, 15) is 28.6 Å². The van der Waals surface area contributed by atoms with Gasteiger partial charge in [-0.15, -0.1) is 0 Å². The number of hydrogen-bond acceptors (Lipinski definition) is 7. The molecule has 2 aromatic carbocycles. The zero-order chi connectivity index (χ0) is 21.9. The topological polar surface area (TPSA) is 133 Å². The van der Waals surface area contributed by atoms with Crippen LogP contribution in [0.15, 0.2) is 41.3 Å². The first kappa shape index (κ1) is 21.9. The molecule has 1 heterocycles. The molecule has 0 spiro atoms. The molecule has 0 aromatic heterocycles. The van der Waals surface area contributed by atoms with Crippen molar-refractivity contribution in [2.45, 2.75) is 30.6 Å². The van der Waals surface area contributed by atoms with Crippen molar-refractivity contribution in [3.63, 3.8) is 0 Å². The molecule has 0 N–H and O–H groups in total. The lowest BCUT2D eigenvalue weighted by atomic mass is 10.2. The summed E-state index contributed by atoms with van der Waals surface area (Å²) in [7, 11) is -3.88. The largest absolute Gasteiger partial charge is 0.449 e. The molecule has 1 fully saturated rings. The minimum atomic E-state index is -3.88. The molecule has 0 amide bonds. The van der Waals surface area contributed by atoms with Crippen molar-refractivity contribution in [2.75, 3.05) is 13.1 Å². The van der Waals surface area contributed by atoms with Crippen molar-refractivity contribution in [1.82, 2.24) is 4.31 Å². The van der Waals surface area contributed by atoms with Crippen LogP contribution in [0.1, 0.15) is 25.7 Å². The van der Waals surface area contributed by atoms with Crippen molar-refractivity contribution in [3.05, 3.63) is 61.6 Å². The van der Waals surface area contributed by atoms with Gasteiger partial charge in [-0.25, -0.2) is 8.42 Å². The Morgan fingerprint density at radius 3 is 2.10 bits per heavy atom. The molecule has 12 heteroatoms. The van der Waals surface area contributed by atoms with E-state index in [0.29, 0.717) is 13.1 Å². The third-order valence-electron chi connectivity index (χ3n) is 4.68. The number of non-ortho nitro benzene ring substituents is 1. The van der Waals surface area contributed by atoms with E-state index in [2.05, 4.69) is 0 Å². The molecule has 1 aliphatic rings. The van der Waals surface area contributed by atoms with E-state index in [4.69, 9.17) is 16.3 Å². The van der Waals surface area contributed by atoms with Crippen LogP contribution < -0.4 is 4.74 Å². The molecule has 0 atom stereocenters. The lowest BCUT2D eigenvalue weighted by Crippen LogP contribution is -2.31. The second-order valence-electron chi connectivity index (χ2n) is 6.68. The number of hydrogen-bond donors (Lipinski definition) is 0. The summed E-state index contributed by atoms with van der Waals surface area (Å²) in [4.78, 5) is 20.8. The Hall–Kier alpha value is -2.76. The fraction of sp³-hybridized carbons (Fsp3) is 0.333. The van der Waals surface area contributed by atoms with Crippen LogP contribution in [0.25, 0.3) is 0 Å². The van der Waals surface area contributed by atoms with Crippen LogP contribution in [0.4, 0.5) is 11.4 Å². The molecule has 160 valence electrons. The van der Waals surface area contributed by atoms with Crippen molar-refractivity contribution in [3.8, 4) is 11.5 Å². The van der Waals surface area contributed by atoms with Crippen molar-refractivity contribution in [2.24, 2.45) is 0 Å². The molecule has 3 rings (SSSR count). The number of halogens is 1. The van der Waals surface area contributed by atoms with Crippen LogP contribution in [-0.4, -0.2) is 35.7 Å². The number of rotatable bonds is 6. The lowest BCUT2D eigenvalue weighted by Gasteiger charge is -2.20. The summed E-state index contributed by atoms with van der Waals surface area (Å²) in [5, 5.41) is 22.2. The molecule has 0 aliphatic carbocycles. The Morgan fingerprint density at radius 2 is 1.53 bits per heavy atom. The SMILES string of the molecule is O=[N+]([O-])c1ccc(Oc2ccc(S(=O)(=O)N3CCCCCC3)cc2[N+](=O)[O-])c(Cl)c1. The first-order valence-electron chi connectivity index (χ1n) is 9.10. The number of ether oxygens (including phenoxy) is 1. The summed E-state index contributed by atoms with van der Waals surface area (Å²) >= 11 is 5.97. The number of sulfonamides is 1. The molecular weight excluding hydrogens is 438 g/mol. The van der Waals surface area contributed by atoms with Gasteiger partial charge in [0.1, 0.15) is 5.75 Å². The highest BCUT2D eigenvalue weighted by molar-refractivity contribution is 7.89. The van der Waals surface area contributed by atoms with Crippen molar-refractivity contribution in [1.29, 1.82) is 0 Å². The summed E-state index contributed by atoms with van der Waals surface area (Å²) in [6.07, 6.45) is 3.35. The third-order valence-corrected chi connectivity index (χ3v) is 6.87. The molecule has 30 heavy (non-hydrogen) atoms. The van der Waals surface area contributed by atoms with E-state index >= 15 is 0 Å². The molecule has 1 aliphatic heterocycles. The number of nitrogens with zero attached hydrogens (tertiary/aromatic N) is 3. The Labute approximate surface area is 177 Å². The van der Waals surface area contributed by atoms with Gasteiger partial charge in [-0.2, -0.15) is 4.31 Å². The van der Waals surface area contributed by atoms with Gasteiger partial charge in [0.05, 0.1) is 19.8 Å². The van der Waals surface area contributed by atoms with E-state index in [-0.39, 0.29) is 27.1 Å². The fourth-order valence-corrected chi connectivity index (χ4v) is 4.87. The maximum Gasteiger partial charge on any atom is 0.312 e. The molecule has 1 saturated heterocycles. The van der Waals surface area contributed by atoms with E-state index in [1.807, 2.05) is 0 Å². The van der Waals surface area contributed by atoms with Crippen molar-refractivity contribution >= 4 is 33.0 Å². The monoisotopic (exact) mass is 455 g/mol. The van der Waals surface area contributed by atoms with Gasteiger partial charge in [0.15, 0.2) is 0 Å². The van der Waals surface area contributed by atoms with E-state index in [1.54, 1.807) is 0 Å². The summed E-state index contributed by atoms with van der Waals surface area (Å²) in [6, 6.07) is 6.79. The normalized spacial score (nSPS) is 15.4. The fourth-order valence-electron chi connectivity index (χ4n) is 3.12. The smallest absolute Gasteiger partial charge is 0.312 e. The van der Waals surface area contributed by atoms with Crippen molar-refractivity contribution < 1.29 is 23.0 Å². The molecular formula is C18H18ClN3O7S. The summed E-state index contributed by atoms with van der Waals surface area (Å²) < 4.78 is 32.6. The lowest BCUT2D eigenvalue weighted by molar-refractivity contribution is -0.385. The highest BCUT2D eigenvalue weighted by atomic mass is 35.5. The van der Waals surface area contributed by atoms with E-state index in [1.165, 1.54) is 22.5 Å². The zero-order valence-electron chi connectivity index (χ0n) is 15.7. The number of nitro groups is 2. The quantitative estimate of drug-likeness (QED) is 0.462. The Balaban J connectivity index is 1.94. The number of nitro benzene ring substituents is 2. The summed E-state index contributed by atoms with van der Waals surface area (Å²) in [5.41, 5.74) is -0.818. The van der Waals surface area contributed by atoms with Gasteiger partial charge in [-0.1, -0.05) is 24.4 Å². The Morgan fingerprint density at radius 1 is 0.900 bits per heavy atom. The van der Waals surface area contributed by atoms with Gasteiger partial charge in [0.25, 0.3) is 5.69 Å². The predicted molar refractivity (Wildman–Crippen MR) is 109 cm³/mol. The standard InChI is InChI=1S/C18H18ClN3O7S/c19-15-11-13(21(23)24)5-7-17(15)29-18-8-6-14(12-16(18)22(25)26)30(27,28)20-9-3-1-2-4-10-20/h5-8,11-12H,1-4,9-10H2.